The number of alkyl halides is 3. The summed E-state index contributed by atoms with van der Waals surface area (Å²) in [5.74, 6) is -3.24. The van der Waals surface area contributed by atoms with Crippen LogP contribution in [0.3, 0.4) is 0 Å². The van der Waals surface area contributed by atoms with Gasteiger partial charge in [-0.3, -0.25) is 9.59 Å². The molecule has 1 aliphatic carbocycles. The minimum absolute atomic E-state index is 0.150. The molecule has 0 radical (unpaired) electrons. The highest BCUT2D eigenvalue weighted by Crippen LogP contribution is 2.43. The van der Waals surface area contributed by atoms with E-state index in [4.69, 9.17) is 4.74 Å². The van der Waals surface area contributed by atoms with Crippen LogP contribution in [-0.4, -0.2) is 50.1 Å². The van der Waals surface area contributed by atoms with E-state index in [9.17, 15) is 40.4 Å². The van der Waals surface area contributed by atoms with Gasteiger partial charge in [-0.1, -0.05) is 12.1 Å². The van der Waals surface area contributed by atoms with Crippen molar-refractivity contribution in [1.82, 2.24) is 10.2 Å². The number of nitrogens with zero attached hydrogens (tertiary/aromatic N) is 1. The maximum atomic E-state index is 14.6. The van der Waals surface area contributed by atoms with Gasteiger partial charge in [0, 0.05) is 17.4 Å². The second-order valence-corrected chi connectivity index (χ2v) is 10.6. The fourth-order valence-corrected chi connectivity index (χ4v) is 4.59. The van der Waals surface area contributed by atoms with Crippen LogP contribution in [0.5, 0.6) is 0 Å². The van der Waals surface area contributed by atoms with E-state index in [-0.39, 0.29) is 21.9 Å². The van der Waals surface area contributed by atoms with Crippen LogP contribution in [-0.2, 0) is 25.5 Å². The molecule has 2 fully saturated rings. The number of hydrogen-bond acceptors (Lipinski definition) is 6. The normalized spacial score (nSPS) is 19.1. The third-order valence-electron chi connectivity index (χ3n) is 5.96. The van der Waals surface area contributed by atoms with Gasteiger partial charge in [-0.15, -0.1) is 0 Å². The van der Waals surface area contributed by atoms with Gasteiger partial charge in [0.15, 0.2) is 15.9 Å². The molecule has 1 saturated carbocycles. The molecule has 2 aromatic carbocycles. The van der Waals surface area contributed by atoms with Crippen LogP contribution in [0.2, 0.25) is 0 Å². The first-order chi connectivity index (χ1) is 16.8. The van der Waals surface area contributed by atoms with Gasteiger partial charge in [-0.25, -0.2) is 22.5 Å². The Morgan fingerprint density at radius 3 is 2.42 bits per heavy atom. The van der Waals surface area contributed by atoms with Crippen LogP contribution in [0, 0.1) is 11.7 Å². The summed E-state index contributed by atoms with van der Waals surface area (Å²) in [5.41, 5.74) is -1.50. The number of halogens is 4. The Hall–Kier alpha value is -3.48. The van der Waals surface area contributed by atoms with Crippen molar-refractivity contribution in [2.75, 3.05) is 12.9 Å². The number of amides is 3. The smallest absolute Gasteiger partial charge is 0.417 e. The van der Waals surface area contributed by atoms with E-state index in [2.05, 4.69) is 5.32 Å². The van der Waals surface area contributed by atoms with Crippen LogP contribution in [0.25, 0.3) is 0 Å². The first-order valence-electron chi connectivity index (χ1n) is 10.7. The van der Waals surface area contributed by atoms with Crippen molar-refractivity contribution in [3.63, 3.8) is 0 Å². The molecule has 2 atom stereocenters. The Kier molecular flexibility index (Phi) is 6.54. The predicted octanol–water partition coefficient (Wildman–Crippen LogP) is 3.48. The Morgan fingerprint density at radius 1 is 1.14 bits per heavy atom. The predicted molar refractivity (Wildman–Crippen MR) is 116 cm³/mol. The highest BCUT2D eigenvalue weighted by Gasteiger charge is 2.45. The summed E-state index contributed by atoms with van der Waals surface area (Å²) in [6.45, 7) is -0.505. The molecule has 1 N–H and O–H groups in total. The molecule has 2 aromatic rings. The Labute approximate surface area is 203 Å². The molecule has 4 rings (SSSR count). The van der Waals surface area contributed by atoms with Crippen LogP contribution in [0.1, 0.15) is 40.4 Å². The van der Waals surface area contributed by atoms with Gasteiger partial charge in [-0.05, 0) is 49.1 Å². The summed E-state index contributed by atoms with van der Waals surface area (Å²) >= 11 is 0. The number of hydrogen-bond donors (Lipinski definition) is 1. The minimum atomic E-state index is -4.74. The lowest BCUT2D eigenvalue weighted by molar-refractivity contribution is -0.137. The van der Waals surface area contributed by atoms with Gasteiger partial charge in [0.05, 0.1) is 16.5 Å². The van der Waals surface area contributed by atoms with Gasteiger partial charge in [0.1, 0.15) is 12.4 Å². The number of cyclic esters (lactones) is 1. The number of benzene rings is 2. The van der Waals surface area contributed by atoms with E-state index in [1.165, 1.54) is 18.2 Å². The van der Waals surface area contributed by atoms with Gasteiger partial charge in [0.2, 0.25) is 5.91 Å². The van der Waals surface area contributed by atoms with Crippen molar-refractivity contribution in [2.24, 2.45) is 5.92 Å². The highest BCUT2D eigenvalue weighted by atomic mass is 32.2. The fourth-order valence-electron chi connectivity index (χ4n) is 3.92. The summed E-state index contributed by atoms with van der Waals surface area (Å²) < 4.78 is 81.9. The van der Waals surface area contributed by atoms with Crippen molar-refractivity contribution in [1.29, 1.82) is 0 Å². The zero-order valence-electron chi connectivity index (χ0n) is 18.7. The number of rotatable bonds is 6. The number of carbonyl (C=O) groups is 3. The topological polar surface area (TPSA) is 110 Å². The fraction of sp³-hybridized carbons (Fsp3) is 0.348. The molecule has 0 bridgehead atoms. The zero-order chi connectivity index (χ0) is 26.4. The van der Waals surface area contributed by atoms with Gasteiger partial charge in [0.25, 0.3) is 5.91 Å². The molecular formula is C23H20F4N2O6S. The molecule has 1 heterocycles. The third kappa shape index (κ3) is 5.20. The lowest BCUT2D eigenvalue weighted by atomic mass is 9.99. The van der Waals surface area contributed by atoms with Crippen LogP contribution in [0.15, 0.2) is 47.4 Å². The first kappa shape index (κ1) is 25.6. The van der Waals surface area contributed by atoms with E-state index < -0.39 is 64.0 Å². The molecule has 1 saturated heterocycles. The number of carbonyl (C=O) groups excluding carboxylic acids is 3. The number of nitrogens with one attached hydrogen (secondary N) is 1. The average Bonchev–Trinajstić information content (AvgIpc) is 3.57. The third-order valence-corrected chi connectivity index (χ3v) is 7.07. The van der Waals surface area contributed by atoms with E-state index in [0.29, 0.717) is 29.9 Å². The summed E-state index contributed by atoms with van der Waals surface area (Å²) in [6.07, 6.45) is -3.75. The van der Waals surface area contributed by atoms with Gasteiger partial charge >= 0.3 is 12.3 Å². The van der Waals surface area contributed by atoms with Crippen molar-refractivity contribution in [2.45, 2.75) is 36.0 Å². The van der Waals surface area contributed by atoms with Crippen LogP contribution in [0.4, 0.5) is 22.4 Å². The van der Waals surface area contributed by atoms with Crippen molar-refractivity contribution < 1.29 is 45.1 Å². The van der Waals surface area contributed by atoms with Crippen LogP contribution >= 0.6 is 0 Å². The Morgan fingerprint density at radius 2 is 1.83 bits per heavy atom. The molecule has 0 unspecified atom stereocenters. The van der Waals surface area contributed by atoms with E-state index in [1.807, 2.05) is 0 Å². The van der Waals surface area contributed by atoms with E-state index in [0.717, 1.165) is 18.4 Å². The number of sulfone groups is 1. The highest BCUT2D eigenvalue weighted by molar-refractivity contribution is 7.90. The summed E-state index contributed by atoms with van der Waals surface area (Å²) in [5, 5.41) is 2.55. The average molecular weight is 528 g/mol. The standard InChI is InChI=1S/C23H20F4N2O6S/c1-36(33,34)15-4-2-3-13(9-15)21(31)29-18(11-35-22(29)32)20(30)28-19(12-5-6-12)16-8-7-14(10-17(16)24)23(25,26)27/h2-4,7-10,12,18-19H,5-6,11H2,1H3,(H,28,30)/t18-,19-/m1/s1. The Balaban J connectivity index is 1.58. The largest absolute Gasteiger partial charge is 0.446 e. The monoisotopic (exact) mass is 528 g/mol. The second kappa shape index (κ2) is 9.19. The van der Waals surface area contributed by atoms with Gasteiger partial charge in [-0.2, -0.15) is 13.2 Å². The maximum Gasteiger partial charge on any atom is 0.417 e. The molecule has 0 spiro atoms. The van der Waals surface area contributed by atoms with E-state index in [1.54, 1.807) is 0 Å². The summed E-state index contributed by atoms with van der Waals surface area (Å²) in [7, 11) is -3.66. The van der Waals surface area contributed by atoms with E-state index >= 15 is 0 Å². The molecule has 36 heavy (non-hydrogen) atoms. The lowest BCUT2D eigenvalue weighted by Crippen LogP contribution is -2.49. The molecule has 8 nitrogen and oxygen atoms in total. The van der Waals surface area contributed by atoms with Crippen molar-refractivity contribution >= 4 is 27.7 Å². The molecule has 3 amide bonds. The molecule has 2 aliphatic rings. The summed E-state index contributed by atoms with van der Waals surface area (Å²) in [6, 6.07) is 4.47. The zero-order valence-corrected chi connectivity index (χ0v) is 19.5. The second-order valence-electron chi connectivity index (χ2n) is 8.63. The number of ether oxygens (including phenoxy) is 1. The first-order valence-corrected chi connectivity index (χ1v) is 12.6. The Bertz CT molecular complexity index is 1340. The van der Waals surface area contributed by atoms with Gasteiger partial charge < -0.3 is 10.1 Å². The summed E-state index contributed by atoms with van der Waals surface area (Å²) in [4.78, 5) is 38.8. The quantitative estimate of drug-likeness (QED) is 0.575. The van der Waals surface area contributed by atoms with Crippen LogP contribution < -0.4 is 5.32 Å². The minimum Gasteiger partial charge on any atom is -0.446 e. The lowest BCUT2D eigenvalue weighted by Gasteiger charge is -2.24. The van der Waals surface area contributed by atoms with Crippen molar-refractivity contribution in [3.05, 3.63) is 65.0 Å². The van der Waals surface area contributed by atoms with Crippen molar-refractivity contribution in [3.8, 4) is 0 Å². The maximum absolute atomic E-state index is 14.6. The molecule has 1 aliphatic heterocycles. The molecule has 13 heteroatoms. The molecule has 0 aromatic heterocycles. The molecular weight excluding hydrogens is 508 g/mol. The SMILES string of the molecule is CS(=O)(=O)c1cccc(C(=O)N2C(=O)OC[C@@H]2C(=O)N[C@@H](c2ccc(C(F)(F)F)cc2F)C2CC2)c1. The number of imide groups is 1. The molecule has 192 valence electrons.